The zero-order valence-corrected chi connectivity index (χ0v) is 19.7. The number of carbonyl (C=O) groups excluding carboxylic acids is 2. The van der Waals surface area contributed by atoms with Crippen molar-refractivity contribution in [1.82, 2.24) is 5.32 Å². The van der Waals surface area contributed by atoms with E-state index >= 15 is 0 Å². The van der Waals surface area contributed by atoms with Crippen LogP contribution in [0.15, 0.2) is 11.8 Å². The molecule has 4 saturated carbocycles. The second-order valence-corrected chi connectivity index (χ2v) is 12.5. The predicted molar refractivity (Wildman–Crippen MR) is 121 cm³/mol. The number of aldehydes is 1. The zero-order valence-electron chi connectivity index (χ0n) is 19.7. The van der Waals surface area contributed by atoms with Crippen molar-refractivity contribution in [1.29, 1.82) is 0 Å². The Bertz CT molecular complexity index is 770. The van der Waals surface area contributed by atoms with E-state index in [1.54, 1.807) is 0 Å². The number of carbonyl (C=O) groups is 1. The van der Waals surface area contributed by atoms with Gasteiger partial charge in [0.1, 0.15) is 6.29 Å². The highest BCUT2D eigenvalue weighted by molar-refractivity contribution is 5.67. The summed E-state index contributed by atoms with van der Waals surface area (Å²) in [6.45, 7) is 11.5. The number of rotatable bonds is 3. The van der Waals surface area contributed by atoms with Crippen molar-refractivity contribution in [3.05, 3.63) is 11.8 Å². The Labute approximate surface area is 183 Å². The molecule has 0 aromatic rings. The van der Waals surface area contributed by atoms with Gasteiger partial charge in [0.25, 0.3) is 0 Å². The molecule has 30 heavy (non-hydrogen) atoms. The van der Waals surface area contributed by atoms with Gasteiger partial charge in [-0.25, -0.2) is 4.79 Å². The van der Waals surface area contributed by atoms with Gasteiger partial charge in [0.2, 0.25) is 0 Å². The molecule has 0 aliphatic heterocycles. The summed E-state index contributed by atoms with van der Waals surface area (Å²) in [6, 6.07) is 0. The maximum absolute atomic E-state index is 12.6. The molecule has 4 aliphatic rings. The van der Waals surface area contributed by atoms with E-state index in [1.165, 1.54) is 51.2 Å². The SMILES string of the molecule is CC(C)(C)NC1(C=O)CC[C@H]2[C@@H]3CCC4C(C=C=C=O)CCC[C@]4(C)[C@H]3CC[C@@]21C. The van der Waals surface area contributed by atoms with Crippen molar-refractivity contribution < 1.29 is 9.59 Å². The molecule has 3 unspecified atom stereocenters. The minimum Gasteiger partial charge on any atom is -0.301 e. The third-order valence-corrected chi connectivity index (χ3v) is 10.1. The van der Waals surface area contributed by atoms with Crippen LogP contribution in [-0.2, 0) is 9.59 Å². The van der Waals surface area contributed by atoms with Crippen LogP contribution in [0.2, 0.25) is 0 Å². The van der Waals surface area contributed by atoms with Gasteiger partial charge in [-0.3, -0.25) is 5.32 Å². The number of nitrogens with one attached hydrogen (secondary N) is 1. The molecule has 0 aromatic heterocycles. The topological polar surface area (TPSA) is 46.2 Å². The third-order valence-electron chi connectivity index (χ3n) is 10.1. The molecule has 0 heterocycles. The fraction of sp³-hybridized carbons (Fsp3) is 0.852. The van der Waals surface area contributed by atoms with E-state index in [4.69, 9.17) is 0 Å². The number of fused-ring (bicyclic) bond motifs is 5. The molecule has 0 amide bonds. The lowest BCUT2D eigenvalue weighted by molar-refractivity contribution is -0.137. The maximum Gasteiger partial charge on any atom is 0.176 e. The van der Waals surface area contributed by atoms with Crippen LogP contribution in [0.1, 0.15) is 92.4 Å². The van der Waals surface area contributed by atoms with Crippen molar-refractivity contribution in [2.24, 2.45) is 40.4 Å². The highest BCUT2D eigenvalue weighted by atomic mass is 16.1. The summed E-state index contributed by atoms with van der Waals surface area (Å²) in [7, 11) is 0. The normalized spacial score (nSPS) is 47.8. The first kappa shape index (κ1) is 22.1. The molecule has 4 fully saturated rings. The van der Waals surface area contributed by atoms with Crippen molar-refractivity contribution in [3.63, 3.8) is 0 Å². The fourth-order valence-electron chi connectivity index (χ4n) is 8.99. The molecule has 3 nitrogen and oxygen atoms in total. The van der Waals surface area contributed by atoms with Crippen molar-refractivity contribution in [2.75, 3.05) is 0 Å². The van der Waals surface area contributed by atoms with Crippen LogP contribution in [-0.4, -0.2) is 23.3 Å². The minimum atomic E-state index is -0.384. The smallest absolute Gasteiger partial charge is 0.176 e. The Hall–Kier alpha value is -1.14. The Balaban J connectivity index is 1.64. The largest absolute Gasteiger partial charge is 0.301 e. The molecule has 4 rings (SSSR count). The number of allylic oxidation sites excluding steroid dienone is 1. The standard InChI is InChI=1S/C27H41NO2/c1-24(2,3)28-27(18-30)16-13-23-20-10-11-21-19(9-7-17-29)8-6-14-25(21,4)22(20)12-15-26(23,27)5/h9,18-23,28H,6,8,10-16H2,1-5H3/t19?,20-,21?,22+,23+,25+,26+,27?/m1/s1. The van der Waals surface area contributed by atoms with Crippen LogP contribution in [0.5, 0.6) is 0 Å². The molecule has 0 radical (unpaired) electrons. The third kappa shape index (κ3) is 3.21. The summed E-state index contributed by atoms with van der Waals surface area (Å²) in [5.41, 5.74) is 2.72. The first-order valence-corrected chi connectivity index (χ1v) is 12.3. The molecule has 0 saturated heterocycles. The van der Waals surface area contributed by atoms with Crippen LogP contribution < -0.4 is 5.32 Å². The van der Waals surface area contributed by atoms with Crippen LogP contribution in [0, 0.1) is 40.4 Å². The molecular formula is C27H41NO2. The lowest BCUT2D eigenvalue weighted by Gasteiger charge is -2.62. The molecular weight excluding hydrogens is 370 g/mol. The Kier molecular flexibility index (Phi) is 5.50. The second kappa shape index (κ2) is 7.47. The van der Waals surface area contributed by atoms with E-state index in [2.05, 4.69) is 45.7 Å². The van der Waals surface area contributed by atoms with E-state index in [1.807, 2.05) is 12.0 Å². The molecule has 1 N–H and O–H groups in total. The molecule has 166 valence electrons. The van der Waals surface area contributed by atoms with Gasteiger partial charge < -0.3 is 4.79 Å². The lowest BCUT2D eigenvalue weighted by atomic mass is 9.43. The Morgan fingerprint density at radius 1 is 0.933 bits per heavy atom. The van der Waals surface area contributed by atoms with Gasteiger partial charge in [0, 0.05) is 5.54 Å². The summed E-state index contributed by atoms with van der Waals surface area (Å²) < 4.78 is 0. The van der Waals surface area contributed by atoms with Crippen molar-refractivity contribution in [3.8, 4) is 0 Å². The van der Waals surface area contributed by atoms with Gasteiger partial charge in [0.15, 0.2) is 5.94 Å². The summed E-state index contributed by atoms with van der Waals surface area (Å²) in [4.78, 5) is 23.3. The van der Waals surface area contributed by atoms with Crippen LogP contribution in [0.4, 0.5) is 0 Å². The predicted octanol–water partition coefficient (Wildman–Crippen LogP) is 5.51. The van der Waals surface area contributed by atoms with Crippen molar-refractivity contribution in [2.45, 2.75) is 103 Å². The number of hydrogen-bond donors (Lipinski definition) is 1. The molecule has 0 bridgehead atoms. The van der Waals surface area contributed by atoms with Gasteiger partial charge in [-0.05, 0) is 124 Å². The average Bonchev–Trinajstić information content (AvgIpc) is 2.97. The summed E-state index contributed by atoms with van der Waals surface area (Å²) in [5, 5.41) is 3.79. The van der Waals surface area contributed by atoms with Gasteiger partial charge in [-0.2, -0.15) is 0 Å². The first-order chi connectivity index (χ1) is 14.1. The average molecular weight is 412 g/mol. The van der Waals surface area contributed by atoms with Crippen LogP contribution in [0.3, 0.4) is 0 Å². The zero-order chi connectivity index (χ0) is 21.8. The van der Waals surface area contributed by atoms with E-state index in [0.717, 1.165) is 24.7 Å². The highest BCUT2D eigenvalue weighted by Gasteiger charge is 2.65. The summed E-state index contributed by atoms with van der Waals surface area (Å²) >= 11 is 0. The molecule has 0 aromatic carbocycles. The highest BCUT2D eigenvalue weighted by Crippen LogP contribution is 2.68. The quantitative estimate of drug-likeness (QED) is 0.378. The molecule has 3 heteroatoms. The Morgan fingerprint density at radius 2 is 1.67 bits per heavy atom. The summed E-state index contributed by atoms with van der Waals surface area (Å²) in [6.07, 6.45) is 14.2. The molecule has 4 aliphatic carbocycles. The van der Waals surface area contributed by atoms with Gasteiger partial charge in [0.05, 0.1) is 5.54 Å². The van der Waals surface area contributed by atoms with Crippen LogP contribution >= 0.6 is 0 Å². The molecule has 8 atom stereocenters. The summed E-state index contributed by atoms with van der Waals surface area (Å²) in [5.74, 6) is 5.13. The van der Waals surface area contributed by atoms with Crippen LogP contribution in [0.25, 0.3) is 0 Å². The van der Waals surface area contributed by atoms with Crippen molar-refractivity contribution >= 4 is 12.2 Å². The van der Waals surface area contributed by atoms with Gasteiger partial charge >= 0.3 is 0 Å². The second-order valence-electron chi connectivity index (χ2n) is 12.5. The first-order valence-electron chi connectivity index (χ1n) is 12.3. The van der Waals surface area contributed by atoms with E-state index in [0.29, 0.717) is 23.2 Å². The fourth-order valence-corrected chi connectivity index (χ4v) is 8.99. The van der Waals surface area contributed by atoms with Gasteiger partial charge in [-0.1, -0.05) is 20.3 Å². The number of hydrogen-bond acceptors (Lipinski definition) is 3. The Morgan fingerprint density at radius 3 is 2.33 bits per heavy atom. The monoisotopic (exact) mass is 411 g/mol. The van der Waals surface area contributed by atoms with E-state index in [-0.39, 0.29) is 16.5 Å². The molecule has 0 spiro atoms. The van der Waals surface area contributed by atoms with E-state index in [9.17, 15) is 9.59 Å². The van der Waals surface area contributed by atoms with Gasteiger partial charge in [-0.15, -0.1) is 0 Å². The maximum atomic E-state index is 12.6. The lowest BCUT2D eigenvalue weighted by Crippen LogP contribution is -2.65. The minimum absolute atomic E-state index is 0.0562. The van der Waals surface area contributed by atoms with E-state index < -0.39 is 0 Å².